The average Bonchev–Trinajstić information content (AvgIpc) is 3.18. The van der Waals surface area contributed by atoms with Crippen molar-refractivity contribution >= 4 is 22.5 Å². The van der Waals surface area contributed by atoms with Crippen LogP contribution in [0, 0.1) is 0 Å². The van der Waals surface area contributed by atoms with Gasteiger partial charge in [-0.15, -0.1) is 0 Å². The number of rotatable bonds is 6. The van der Waals surface area contributed by atoms with Gasteiger partial charge in [-0.25, -0.2) is 0 Å². The molecule has 0 amide bonds. The molecule has 3 aromatic rings. The highest BCUT2D eigenvalue weighted by Gasteiger charge is 2.57. The normalized spacial score (nSPS) is 28.2. The molecule has 1 unspecified atom stereocenters. The number of benzene rings is 2. The number of halogens is 1. The Kier molecular flexibility index (Phi) is 6.46. The van der Waals surface area contributed by atoms with Gasteiger partial charge >= 0.3 is 0 Å². The SMILES string of the molecule is CCc1ccc(Cc2c[nH]c3cc(Cl)cc(O[C@]4(O)C(O)O[C@H](CO)[C@@H](O)[C@@H]4O)c23)cc1. The third kappa shape index (κ3) is 4.11. The Hall–Kier alpha value is -2.17. The van der Waals surface area contributed by atoms with Crippen LogP contribution >= 0.6 is 11.6 Å². The van der Waals surface area contributed by atoms with Crippen molar-refractivity contribution in [2.75, 3.05) is 6.61 Å². The third-order valence-corrected chi connectivity index (χ3v) is 6.07. The minimum atomic E-state index is -2.69. The number of fused-ring (bicyclic) bond motifs is 1. The number of aromatic amines is 1. The van der Waals surface area contributed by atoms with Gasteiger partial charge in [0, 0.05) is 16.6 Å². The van der Waals surface area contributed by atoms with Crippen LogP contribution in [-0.2, 0) is 17.6 Å². The second-order valence-corrected chi connectivity index (χ2v) is 8.42. The Bertz CT molecular complexity index is 1090. The molecule has 0 radical (unpaired) electrons. The van der Waals surface area contributed by atoms with E-state index in [0.29, 0.717) is 22.3 Å². The molecule has 5 atom stereocenters. The largest absolute Gasteiger partial charge is 0.453 e. The Balaban J connectivity index is 1.71. The number of aryl methyl sites for hydroxylation is 1. The number of hydrogen-bond acceptors (Lipinski definition) is 7. The van der Waals surface area contributed by atoms with Crippen molar-refractivity contribution in [2.45, 2.75) is 50.2 Å². The number of aliphatic hydroxyl groups excluding tert-OH is 4. The first-order valence-corrected chi connectivity index (χ1v) is 10.7. The van der Waals surface area contributed by atoms with Gasteiger partial charge in [0.15, 0.2) is 6.10 Å². The number of aromatic nitrogens is 1. The molecule has 32 heavy (non-hydrogen) atoms. The van der Waals surface area contributed by atoms with Crippen LogP contribution in [0.15, 0.2) is 42.6 Å². The van der Waals surface area contributed by atoms with Gasteiger partial charge in [0.05, 0.1) is 12.1 Å². The highest BCUT2D eigenvalue weighted by molar-refractivity contribution is 6.31. The van der Waals surface area contributed by atoms with Gasteiger partial charge in [-0.2, -0.15) is 0 Å². The molecule has 0 spiro atoms. The van der Waals surface area contributed by atoms with Crippen LogP contribution in [0.1, 0.15) is 23.6 Å². The van der Waals surface area contributed by atoms with E-state index in [9.17, 15) is 25.5 Å². The van der Waals surface area contributed by atoms with Gasteiger partial charge < -0.3 is 40.0 Å². The molecule has 0 bridgehead atoms. The molecule has 1 aliphatic rings. The predicted molar refractivity (Wildman–Crippen MR) is 117 cm³/mol. The van der Waals surface area contributed by atoms with Gasteiger partial charge in [-0.05, 0) is 41.7 Å². The first kappa shape index (κ1) is 23.0. The summed E-state index contributed by atoms with van der Waals surface area (Å²) in [5, 5.41) is 52.0. The molecule has 2 aromatic carbocycles. The molecule has 172 valence electrons. The van der Waals surface area contributed by atoms with Gasteiger partial charge in [0.1, 0.15) is 18.0 Å². The number of hydrogen-bond donors (Lipinski definition) is 6. The van der Waals surface area contributed by atoms with E-state index >= 15 is 0 Å². The van der Waals surface area contributed by atoms with E-state index in [4.69, 9.17) is 21.1 Å². The molecule has 6 N–H and O–H groups in total. The summed E-state index contributed by atoms with van der Waals surface area (Å²) in [4.78, 5) is 3.12. The molecule has 2 heterocycles. The van der Waals surface area contributed by atoms with Crippen molar-refractivity contribution in [1.82, 2.24) is 4.98 Å². The maximum Gasteiger partial charge on any atom is 0.288 e. The highest BCUT2D eigenvalue weighted by Crippen LogP contribution is 2.38. The lowest BCUT2D eigenvalue weighted by Crippen LogP contribution is -2.69. The fourth-order valence-electron chi connectivity index (χ4n) is 3.97. The van der Waals surface area contributed by atoms with Crippen molar-refractivity contribution in [3.05, 3.63) is 64.3 Å². The summed E-state index contributed by atoms with van der Waals surface area (Å²) in [7, 11) is 0. The second kappa shape index (κ2) is 8.99. The number of H-pyrrole nitrogens is 1. The van der Waals surface area contributed by atoms with E-state index in [1.165, 1.54) is 11.6 Å². The number of aliphatic hydroxyl groups is 5. The van der Waals surface area contributed by atoms with E-state index < -0.39 is 37.0 Å². The first-order valence-electron chi connectivity index (χ1n) is 10.4. The molecular weight excluding hydrogens is 438 g/mol. The molecule has 1 fully saturated rings. The van der Waals surface area contributed by atoms with E-state index in [0.717, 1.165) is 17.5 Å². The van der Waals surface area contributed by atoms with Crippen LogP contribution in [0.2, 0.25) is 5.02 Å². The Morgan fingerprint density at radius 2 is 1.81 bits per heavy atom. The van der Waals surface area contributed by atoms with Gasteiger partial charge in [0.2, 0.25) is 6.29 Å². The molecule has 1 saturated heterocycles. The predicted octanol–water partition coefficient (Wildman–Crippen LogP) is 1.47. The standard InChI is InChI=1S/C23H26ClNO7/c1-2-12-3-5-13(6-4-12)7-14-10-25-16-8-15(24)9-17(19(14)16)32-23(30)21(28)20(27)18(11-26)31-22(23)29/h3-6,8-10,18,20-22,25-30H,2,7,11H2,1H3/t18-,20-,21+,22?,23+/m1/s1. The van der Waals surface area contributed by atoms with E-state index in [2.05, 4.69) is 24.0 Å². The quantitative estimate of drug-likeness (QED) is 0.305. The fraction of sp³-hybridized carbons (Fsp3) is 0.391. The zero-order valence-corrected chi connectivity index (χ0v) is 18.2. The zero-order valence-electron chi connectivity index (χ0n) is 17.4. The van der Waals surface area contributed by atoms with Gasteiger partial charge in [-0.3, -0.25) is 0 Å². The highest BCUT2D eigenvalue weighted by atomic mass is 35.5. The summed E-state index contributed by atoms with van der Waals surface area (Å²) < 4.78 is 10.7. The van der Waals surface area contributed by atoms with Crippen molar-refractivity contribution in [1.29, 1.82) is 0 Å². The average molecular weight is 464 g/mol. The van der Waals surface area contributed by atoms with Crippen LogP contribution in [0.3, 0.4) is 0 Å². The molecule has 0 saturated carbocycles. The summed E-state index contributed by atoms with van der Waals surface area (Å²) >= 11 is 6.22. The monoisotopic (exact) mass is 463 g/mol. The van der Waals surface area contributed by atoms with Crippen molar-refractivity contribution in [3.63, 3.8) is 0 Å². The first-order chi connectivity index (χ1) is 15.3. The maximum absolute atomic E-state index is 10.9. The third-order valence-electron chi connectivity index (χ3n) is 5.85. The minimum Gasteiger partial charge on any atom is -0.453 e. The molecule has 1 aliphatic heterocycles. The van der Waals surface area contributed by atoms with Crippen LogP contribution in [0.5, 0.6) is 5.75 Å². The Labute approximate surface area is 189 Å². The number of nitrogens with one attached hydrogen (secondary N) is 1. The summed E-state index contributed by atoms with van der Waals surface area (Å²) in [5.74, 6) is -2.60. The Morgan fingerprint density at radius 1 is 1.12 bits per heavy atom. The summed E-state index contributed by atoms with van der Waals surface area (Å²) in [5.41, 5.74) is 3.76. The second-order valence-electron chi connectivity index (χ2n) is 7.99. The molecule has 9 heteroatoms. The summed E-state index contributed by atoms with van der Waals surface area (Å²) in [6.45, 7) is 1.43. The topological polar surface area (TPSA) is 135 Å². The van der Waals surface area contributed by atoms with Crippen molar-refractivity contribution in [3.8, 4) is 5.75 Å². The van der Waals surface area contributed by atoms with Gasteiger partial charge in [-0.1, -0.05) is 42.8 Å². The maximum atomic E-state index is 10.9. The summed E-state index contributed by atoms with van der Waals surface area (Å²) in [6.07, 6.45) is -3.66. The van der Waals surface area contributed by atoms with Crippen molar-refractivity contribution in [2.24, 2.45) is 0 Å². The summed E-state index contributed by atoms with van der Waals surface area (Å²) in [6, 6.07) is 11.3. The molecular formula is C23H26ClNO7. The molecule has 1 aromatic heterocycles. The van der Waals surface area contributed by atoms with E-state index in [1.807, 2.05) is 12.1 Å². The minimum absolute atomic E-state index is 0.0905. The van der Waals surface area contributed by atoms with Gasteiger partial charge in [0.25, 0.3) is 5.79 Å². The molecule has 4 rings (SSSR count). The number of ether oxygens (including phenoxy) is 2. The molecule has 0 aliphatic carbocycles. The lowest BCUT2D eigenvalue weighted by Gasteiger charge is -2.45. The fourth-order valence-corrected chi connectivity index (χ4v) is 4.18. The lowest BCUT2D eigenvalue weighted by molar-refractivity contribution is -0.385. The molecule has 8 nitrogen and oxygen atoms in total. The lowest BCUT2D eigenvalue weighted by atomic mass is 9.95. The smallest absolute Gasteiger partial charge is 0.288 e. The van der Waals surface area contributed by atoms with E-state index in [-0.39, 0.29) is 5.75 Å². The van der Waals surface area contributed by atoms with Crippen LogP contribution < -0.4 is 4.74 Å². The zero-order chi connectivity index (χ0) is 23.0. The van der Waals surface area contributed by atoms with Crippen LogP contribution in [-0.4, -0.2) is 67.5 Å². The Morgan fingerprint density at radius 3 is 2.47 bits per heavy atom. The van der Waals surface area contributed by atoms with Crippen LogP contribution in [0.4, 0.5) is 0 Å². The van der Waals surface area contributed by atoms with Crippen molar-refractivity contribution < 1.29 is 35.0 Å². The van der Waals surface area contributed by atoms with Crippen LogP contribution in [0.25, 0.3) is 10.9 Å². The van der Waals surface area contributed by atoms with E-state index in [1.54, 1.807) is 12.3 Å².